The van der Waals surface area contributed by atoms with Crippen LogP contribution in [0, 0.1) is 23.7 Å². The van der Waals surface area contributed by atoms with Crippen molar-refractivity contribution in [3.63, 3.8) is 0 Å². The van der Waals surface area contributed by atoms with E-state index in [0.29, 0.717) is 5.82 Å². The third kappa shape index (κ3) is 5.68. The number of benzene rings is 6. The van der Waals surface area contributed by atoms with Crippen molar-refractivity contribution >= 4 is 0 Å². The van der Waals surface area contributed by atoms with Gasteiger partial charge in [-0.05, 0) is 77.3 Å². The summed E-state index contributed by atoms with van der Waals surface area (Å²) in [7, 11) is 0. The molecule has 0 saturated heterocycles. The zero-order chi connectivity index (χ0) is 36.3. The Hall–Kier alpha value is -6.52. The maximum Gasteiger partial charge on any atom is 0.160 e. The van der Waals surface area contributed by atoms with Crippen molar-refractivity contribution in [2.75, 3.05) is 0 Å². The van der Waals surface area contributed by atoms with E-state index in [4.69, 9.17) is 19.9 Å². The summed E-state index contributed by atoms with van der Waals surface area (Å²) in [6.07, 6.45) is 2.89. The van der Waals surface area contributed by atoms with Crippen LogP contribution in [0.15, 0.2) is 176 Å². The summed E-state index contributed by atoms with van der Waals surface area (Å²) in [5.74, 6) is 6.13. The van der Waals surface area contributed by atoms with Gasteiger partial charge in [-0.3, -0.25) is 0 Å². The van der Waals surface area contributed by atoms with E-state index in [1.165, 1.54) is 18.4 Å². The molecule has 0 bridgehead atoms. The van der Waals surface area contributed by atoms with Crippen molar-refractivity contribution in [3.8, 4) is 78.9 Å². The van der Waals surface area contributed by atoms with E-state index < -0.39 is 0 Å². The fourth-order valence-electron chi connectivity index (χ4n) is 9.58. The molecule has 0 amide bonds. The van der Waals surface area contributed by atoms with Crippen molar-refractivity contribution in [2.45, 2.75) is 18.8 Å². The lowest BCUT2D eigenvalue weighted by Gasteiger charge is -2.73. The molecule has 2 unspecified atom stereocenters. The second kappa shape index (κ2) is 13.1. The standard InChI is InChI=1S/C51H38N4/c1-4-11-33(12-5-1)44-30-45(34-13-6-2-7-14-34)53-50(52-44)38-25-19-32(20-26-38)39-17-10-18-40(27-39)51-54-46(35-15-8-3-9-16-35)31-47(55-51)36-21-23-37(24-22-36)48-42-28-41-29-43(48)49(41)42/h1-27,30-31,41-43,48-49H,28-29H2. The van der Waals surface area contributed by atoms with Gasteiger partial charge in [-0.15, -0.1) is 0 Å². The van der Waals surface area contributed by atoms with E-state index in [9.17, 15) is 0 Å². The number of aromatic nitrogens is 4. The van der Waals surface area contributed by atoms with E-state index in [1.807, 2.05) is 42.5 Å². The van der Waals surface area contributed by atoms with Crippen LogP contribution in [0.5, 0.6) is 0 Å². The lowest BCUT2D eigenvalue weighted by Crippen LogP contribution is -2.65. The summed E-state index contributed by atoms with van der Waals surface area (Å²) in [6, 6.07) is 61.6. The minimum absolute atomic E-state index is 0.698. The first-order valence-corrected chi connectivity index (χ1v) is 19.5. The molecule has 2 heterocycles. The van der Waals surface area contributed by atoms with Gasteiger partial charge in [-0.25, -0.2) is 19.9 Å². The van der Waals surface area contributed by atoms with Gasteiger partial charge in [0.25, 0.3) is 0 Å². The molecule has 4 nitrogen and oxygen atoms in total. The van der Waals surface area contributed by atoms with E-state index in [2.05, 4.69) is 133 Å². The van der Waals surface area contributed by atoms with Crippen LogP contribution in [-0.4, -0.2) is 19.9 Å². The van der Waals surface area contributed by atoms with Crippen LogP contribution in [-0.2, 0) is 0 Å². The number of rotatable bonds is 8. The van der Waals surface area contributed by atoms with Crippen LogP contribution in [0.4, 0.5) is 0 Å². The quantitative estimate of drug-likeness (QED) is 0.158. The average molecular weight is 707 g/mol. The van der Waals surface area contributed by atoms with E-state index >= 15 is 0 Å². The average Bonchev–Trinajstić information content (AvgIpc) is 3.27. The summed E-state index contributed by atoms with van der Waals surface area (Å²) in [5.41, 5.74) is 13.6. The number of hydrogen-bond donors (Lipinski definition) is 0. The highest BCUT2D eigenvalue weighted by atomic mass is 14.9. The number of nitrogens with zero attached hydrogens (tertiary/aromatic N) is 4. The molecule has 11 rings (SSSR count). The Morgan fingerprint density at radius 2 is 0.727 bits per heavy atom. The topological polar surface area (TPSA) is 51.6 Å². The largest absolute Gasteiger partial charge is 0.228 e. The molecule has 0 N–H and O–H groups in total. The van der Waals surface area contributed by atoms with Gasteiger partial charge < -0.3 is 0 Å². The van der Waals surface area contributed by atoms with Gasteiger partial charge in [0.2, 0.25) is 0 Å². The van der Waals surface area contributed by atoms with Gasteiger partial charge in [0, 0.05) is 33.4 Å². The summed E-state index contributed by atoms with van der Waals surface area (Å²) < 4.78 is 0. The van der Waals surface area contributed by atoms with Crippen molar-refractivity contribution in [3.05, 3.63) is 181 Å². The maximum absolute atomic E-state index is 5.20. The highest BCUT2D eigenvalue weighted by Crippen LogP contribution is 2.75. The molecule has 2 aromatic heterocycles. The molecule has 3 saturated carbocycles. The zero-order valence-corrected chi connectivity index (χ0v) is 30.3. The highest BCUT2D eigenvalue weighted by Gasteiger charge is 2.67. The van der Waals surface area contributed by atoms with Crippen LogP contribution >= 0.6 is 0 Å². The van der Waals surface area contributed by atoms with Gasteiger partial charge in [0.05, 0.1) is 22.8 Å². The fraction of sp³-hybridized carbons (Fsp3) is 0.137. The van der Waals surface area contributed by atoms with E-state index in [-0.39, 0.29) is 0 Å². The molecule has 3 aliphatic carbocycles. The molecule has 8 aromatic rings. The van der Waals surface area contributed by atoms with E-state index in [1.54, 1.807) is 0 Å². The van der Waals surface area contributed by atoms with Crippen LogP contribution < -0.4 is 0 Å². The Kier molecular flexibility index (Phi) is 7.61. The molecule has 3 aliphatic rings. The van der Waals surface area contributed by atoms with Gasteiger partial charge >= 0.3 is 0 Å². The Bertz CT molecular complexity index is 2590. The van der Waals surface area contributed by atoms with Crippen LogP contribution in [0.1, 0.15) is 24.3 Å². The van der Waals surface area contributed by atoms with Crippen LogP contribution in [0.3, 0.4) is 0 Å². The molecule has 2 atom stereocenters. The molecular weight excluding hydrogens is 669 g/mol. The smallest absolute Gasteiger partial charge is 0.160 e. The van der Waals surface area contributed by atoms with Crippen molar-refractivity contribution in [1.82, 2.24) is 19.9 Å². The highest BCUT2D eigenvalue weighted by molar-refractivity contribution is 5.77. The molecule has 3 fully saturated rings. The van der Waals surface area contributed by atoms with Crippen LogP contribution in [0.2, 0.25) is 0 Å². The predicted molar refractivity (Wildman–Crippen MR) is 222 cm³/mol. The van der Waals surface area contributed by atoms with E-state index in [0.717, 1.165) is 103 Å². The third-order valence-corrected chi connectivity index (χ3v) is 12.5. The summed E-state index contributed by atoms with van der Waals surface area (Å²) >= 11 is 0. The molecular formula is C51H38N4. The molecule has 6 aromatic carbocycles. The fourth-order valence-corrected chi connectivity index (χ4v) is 9.58. The first-order valence-electron chi connectivity index (χ1n) is 19.5. The maximum atomic E-state index is 5.20. The summed E-state index contributed by atoms with van der Waals surface area (Å²) in [4.78, 5) is 20.4. The van der Waals surface area contributed by atoms with Crippen molar-refractivity contribution in [2.24, 2.45) is 23.7 Å². The first-order chi connectivity index (χ1) is 27.2. The monoisotopic (exact) mass is 706 g/mol. The Balaban J connectivity index is 0.922. The lowest BCUT2D eigenvalue weighted by molar-refractivity contribution is -0.214. The molecule has 0 aliphatic heterocycles. The minimum Gasteiger partial charge on any atom is -0.228 e. The SMILES string of the molecule is c1ccc(-c2cc(-c3ccccc3)nc(-c3ccc(-c4cccc(-c5nc(-c6ccccc6)cc(-c6ccc(C7C8CC9CC7C98)cc6)n5)c4)cc3)n2)cc1. The second-order valence-corrected chi connectivity index (χ2v) is 15.5. The molecule has 0 spiro atoms. The normalized spacial score (nSPS) is 20.4. The first kappa shape index (κ1) is 32.0. The van der Waals surface area contributed by atoms with Crippen LogP contribution in [0.25, 0.3) is 78.9 Å². The van der Waals surface area contributed by atoms with Gasteiger partial charge in [-0.1, -0.05) is 158 Å². The predicted octanol–water partition coefficient (Wildman–Crippen LogP) is 12.3. The molecule has 262 valence electrons. The molecule has 55 heavy (non-hydrogen) atoms. The Morgan fingerprint density at radius 3 is 1.20 bits per heavy atom. The lowest BCUT2D eigenvalue weighted by atomic mass is 9.31. The number of hydrogen-bond acceptors (Lipinski definition) is 4. The van der Waals surface area contributed by atoms with Crippen molar-refractivity contribution in [1.29, 1.82) is 0 Å². The van der Waals surface area contributed by atoms with Gasteiger partial charge in [0.1, 0.15) is 0 Å². The zero-order valence-electron chi connectivity index (χ0n) is 30.3. The summed E-state index contributed by atoms with van der Waals surface area (Å²) in [5, 5.41) is 0. The Morgan fingerprint density at radius 1 is 0.327 bits per heavy atom. The van der Waals surface area contributed by atoms with Gasteiger partial charge in [-0.2, -0.15) is 0 Å². The molecule has 4 heteroatoms. The molecule has 0 radical (unpaired) electrons. The van der Waals surface area contributed by atoms with Gasteiger partial charge in [0.15, 0.2) is 11.6 Å². The Labute approximate surface area is 321 Å². The second-order valence-electron chi connectivity index (χ2n) is 15.5. The van der Waals surface area contributed by atoms with Crippen molar-refractivity contribution < 1.29 is 0 Å². The minimum atomic E-state index is 0.698. The third-order valence-electron chi connectivity index (χ3n) is 12.5. The summed E-state index contributed by atoms with van der Waals surface area (Å²) in [6.45, 7) is 0.